The quantitative estimate of drug-likeness (QED) is 0.784. The Kier molecular flexibility index (Phi) is 2.33. The second-order valence-corrected chi connectivity index (χ2v) is 4.27. The number of ether oxygens (including phenoxy) is 1. The average molecular weight is 196 g/mol. The van der Waals surface area contributed by atoms with E-state index in [1.165, 1.54) is 0 Å². The van der Waals surface area contributed by atoms with E-state index in [4.69, 9.17) is 10.5 Å². The lowest BCUT2D eigenvalue weighted by atomic mass is 10.2. The average Bonchev–Trinajstić information content (AvgIpc) is 2.72. The molecule has 1 aromatic rings. The van der Waals surface area contributed by atoms with Gasteiger partial charge >= 0.3 is 0 Å². The van der Waals surface area contributed by atoms with Gasteiger partial charge in [-0.05, 0) is 13.0 Å². The van der Waals surface area contributed by atoms with Gasteiger partial charge in [-0.15, -0.1) is 11.3 Å². The maximum absolute atomic E-state index is 5.99. The topological polar surface area (TPSA) is 48.1 Å². The number of nitrogens with zero attached hydrogens (tertiary/aromatic N) is 1. The molecule has 1 aliphatic heterocycles. The Morgan fingerprint density at radius 1 is 1.69 bits per heavy atom. The predicted octanol–water partition coefficient (Wildman–Crippen LogP) is 1.76. The second kappa shape index (κ2) is 3.47. The highest BCUT2D eigenvalue weighted by atomic mass is 32.1. The normalized spacial score (nSPS) is 18.2. The Morgan fingerprint density at radius 2 is 2.54 bits per heavy atom. The van der Waals surface area contributed by atoms with E-state index in [0.29, 0.717) is 0 Å². The van der Waals surface area contributed by atoms with Crippen LogP contribution in [0.1, 0.15) is 22.3 Å². The minimum atomic E-state index is -0.117. The fraction of sp³-hybridized carbons (Fsp3) is 0.444. The first-order valence-electron chi connectivity index (χ1n) is 4.28. The maximum Gasteiger partial charge on any atom is 0.114 e. The highest BCUT2D eigenvalue weighted by Crippen LogP contribution is 2.27. The van der Waals surface area contributed by atoms with E-state index in [9.17, 15) is 0 Å². The summed E-state index contributed by atoms with van der Waals surface area (Å²) >= 11 is 1.63. The smallest absolute Gasteiger partial charge is 0.114 e. The van der Waals surface area contributed by atoms with Gasteiger partial charge in [0.25, 0.3) is 0 Å². The minimum absolute atomic E-state index is 0.117. The van der Waals surface area contributed by atoms with Crippen LogP contribution in [0, 0.1) is 6.92 Å². The first kappa shape index (κ1) is 8.72. The molecule has 4 heteroatoms. The lowest BCUT2D eigenvalue weighted by Crippen LogP contribution is -2.11. The van der Waals surface area contributed by atoms with Crippen LogP contribution in [0.15, 0.2) is 18.0 Å². The molecule has 3 nitrogen and oxygen atoms in total. The third-order valence-electron chi connectivity index (χ3n) is 1.98. The number of thiazole rings is 1. The van der Waals surface area contributed by atoms with Crippen LogP contribution in [0.2, 0.25) is 0 Å². The van der Waals surface area contributed by atoms with E-state index in [-0.39, 0.29) is 6.04 Å². The standard InChI is InChI=1S/C9H12N2OS/c1-6-11-5-8(13-6)9(10)7-3-2-4-12-7/h3,5,9H,2,4,10H2,1H3. The van der Waals surface area contributed by atoms with Gasteiger partial charge in [0.1, 0.15) is 5.76 Å². The van der Waals surface area contributed by atoms with Gasteiger partial charge in [-0.3, -0.25) is 0 Å². The molecule has 0 aromatic carbocycles. The first-order valence-corrected chi connectivity index (χ1v) is 5.10. The molecule has 0 aliphatic carbocycles. The molecule has 1 unspecified atom stereocenters. The van der Waals surface area contributed by atoms with E-state index < -0.39 is 0 Å². The van der Waals surface area contributed by atoms with E-state index in [0.717, 1.165) is 28.7 Å². The van der Waals surface area contributed by atoms with Gasteiger partial charge in [-0.25, -0.2) is 4.98 Å². The molecule has 0 amide bonds. The molecule has 0 fully saturated rings. The van der Waals surface area contributed by atoms with Crippen molar-refractivity contribution in [2.75, 3.05) is 6.61 Å². The van der Waals surface area contributed by atoms with Gasteiger partial charge in [0.15, 0.2) is 0 Å². The number of hydrogen-bond acceptors (Lipinski definition) is 4. The van der Waals surface area contributed by atoms with Crippen LogP contribution in [0.5, 0.6) is 0 Å². The van der Waals surface area contributed by atoms with Crippen LogP contribution >= 0.6 is 11.3 Å². The van der Waals surface area contributed by atoms with Crippen molar-refractivity contribution in [2.45, 2.75) is 19.4 Å². The third-order valence-corrected chi connectivity index (χ3v) is 2.98. The predicted molar refractivity (Wildman–Crippen MR) is 52.4 cm³/mol. The highest BCUT2D eigenvalue weighted by molar-refractivity contribution is 7.11. The van der Waals surface area contributed by atoms with Crippen LogP contribution in [-0.4, -0.2) is 11.6 Å². The molecular weight excluding hydrogens is 184 g/mol. The summed E-state index contributed by atoms with van der Waals surface area (Å²) < 4.78 is 5.39. The lowest BCUT2D eigenvalue weighted by Gasteiger charge is -2.09. The van der Waals surface area contributed by atoms with Crippen molar-refractivity contribution >= 4 is 11.3 Å². The fourth-order valence-corrected chi connectivity index (χ4v) is 2.11. The number of nitrogens with two attached hydrogens (primary N) is 1. The number of hydrogen-bond donors (Lipinski definition) is 1. The SMILES string of the molecule is Cc1ncc(C(N)C2=CCCO2)s1. The van der Waals surface area contributed by atoms with Crippen molar-refractivity contribution < 1.29 is 4.74 Å². The summed E-state index contributed by atoms with van der Waals surface area (Å²) in [6.07, 6.45) is 4.85. The summed E-state index contributed by atoms with van der Waals surface area (Å²) in [4.78, 5) is 5.24. The summed E-state index contributed by atoms with van der Waals surface area (Å²) in [6, 6.07) is -0.117. The second-order valence-electron chi connectivity index (χ2n) is 3.00. The van der Waals surface area contributed by atoms with Crippen molar-refractivity contribution in [3.05, 3.63) is 27.9 Å². The summed E-state index contributed by atoms with van der Waals surface area (Å²) in [5.74, 6) is 0.892. The molecule has 1 atom stereocenters. The van der Waals surface area contributed by atoms with Crippen LogP contribution in [0.25, 0.3) is 0 Å². The van der Waals surface area contributed by atoms with E-state index >= 15 is 0 Å². The molecule has 2 N–H and O–H groups in total. The lowest BCUT2D eigenvalue weighted by molar-refractivity contribution is 0.226. The van der Waals surface area contributed by atoms with Crippen molar-refractivity contribution in [3.63, 3.8) is 0 Å². The van der Waals surface area contributed by atoms with E-state index in [1.54, 1.807) is 11.3 Å². The number of rotatable bonds is 2. The van der Waals surface area contributed by atoms with E-state index in [1.807, 2.05) is 13.1 Å². The molecule has 13 heavy (non-hydrogen) atoms. The fourth-order valence-electron chi connectivity index (χ4n) is 1.32. The summed E-state index contributed by atoms with van der Waals surface area (Å²) in [6.45, 7) is 2.74. The van der Waals surface area contributed by atoms with Crippen LogP contribution in [0.4, 0.5) is 0 Å². The van der Waals surface area contributed by atoms with Gasteiger partial charge in [0, 0.05) is 17.5 Å². The number of aromatic nitrogens is 1. The van der Waals surface area contributed by atoms with E-state index in [2.05, 4.69) is 11.1 Å². The van der Waals surface area contributed by atoms with Crippen LogP contribution in [-0.2, 0) is 4.74 Å². The highest BCUT2D eigenvalue weighted by Gasteiger charge is 2.18. The Morgan fingerprint density at radius 3 is 3.08 bits per heavy atom. The van der Waals surface area contributed by atoms with Crippen molar-refractivity contribution in [3.8, 4) is 0 Å². The molecule has 0 radical (unpaired) electrons. The molecule has 70 valence electrons. The zero-order chi connectivity index (χ0) is 9.26. The summed E-state index contributed by atoms with van der Waals surface area (Å²) in [5.41, 5.74) is 5.99. The summed E-state index contributed by atoms with van der Waals surface area (Å²) in [5, 5.41) is 1.05. The first-order chi connectivity index (χ1) is 6.27. The zero-order valence-corrected chi connectivity index (χ0v) is 8.30. The van der Waals surface area contributed by atoms with Gasteiger partial charge in [-0.2, -0.15) is 0 Å². The molecule has 1 aliphatic rings. The molecule has 1 aromatic heterocycles. The van der Waals surface area contributed by atoms with Crippen molar-refractivity contribution in [1.29, 1.82) is 0 Å². The minimum Gasteiger partial charge on any atom is -0.496 e. The monoisotopic (exact) mass is 196 g/mol. The van der Waals surface area contributed by atoms with Crippen molar-refractivity contribution in [1.82, 2.24) is 4.98 Å². The Hall–Kier alpha value is -0.870. The molecular formula is C9H12N2OS. The molecule has 0 saturated carbocycles. The van der Waals surface area contributed by atoms with Gasteiger partial charge in [0.2, 0.25) is 0 Å². The van der Waals surface area contributed by atoms with Gasteiger partial charge in [0.05, 0.1) is 17.7 Å². The summed E-state index contributed by atoms with van der Waals surface area (Å²) in [7, 11) is 0. The van der Waals surface area contributed by atoms with Gasteiger partial charge in [-0.1, -0.05) is 0 Å². The molecule has 0 saturated heterocycles. The maximum atomic E-state index is 5.99. The van der Waals surface area contributed by atoms with Gasteiger partial charge < -0.3 is 10.5 Å². The molecule has 0 bridgehead atoms. The Bertz CT molecular complexity index is 332. The van der Waals surface area contributed by atoms with Crippen molar-refractivity contribution in [2.24, 2.45) is 5.73 Å². The van der Waals surface area contributed by atoms with Crippen LogP contribution < -0.4 is 5.73 Å². The molecule has 0 spiro atoms. The number of aryl methyl sites for hydroxylation is 1. The molecule has 2 rings (SSSR count). The van der Waals surface area contributed by atoms with Crippen LogP contribution in [0.3, 0.4) is 0 Å². The third kappa shape index (κ3) is 1.73. The largest absolute Gasteiger partial charge is 0.496 e. The molecule has 2 heterocycles. The Labute approximate surface area is 81.2 Å². The Balaban J connectivity index is 2.16. The zero-order valence-electron chi connectivity index (χ0n) is 7.49.